The third-order valence-electron chi connectivity index (χ3n) is 2.75. The molecular weight excluding hydrogens is 238 g/mol. The van der Waals surface area contributed by atoms with Gasteiger partial charge in [-0.3, -0.25) is 0 Å². The summed E-state index contributed by atoms with van der Waals surface area (Å²) in [5.41, 5.74) is 1.62. The summed E-state index contributed by atoms with van der Waals surface area (Å²) >= 11 is 0. The number of aliphatic hydroxyl groups excluding tert-OH is 1. The molecule has 0 fully saturated rings. The van der Waals surface area contributed by atoms with Gasteiger partial charge in [0.25, 0.3) is 0 Å². The van der Waals surface area contributed by atoms with E-state index in [0.29, 0.717) is 6.42 Å². The molecule has 0 radical (unpaired) electrons. The third-order valence-corrected chi connectivity index (χ3v) is 3.66. The molecular formula is C12H19NO3S. The minimum absolute atomic E-state index is 0.0477. The standard InChI is InChI=1S/C12H19NO3S/c1-9-4-5-11(17(13,15)16)6-10(9)7-12(2,3)8-14/h4-6,14H,7-8H2,1-3H3,(H2,13,15,16). The van der Waals surface area contributed by atoms with Crippen molar-refractivity contribution in [3.8, 4) is 0 Å². The Morgan fingerprint density at radius 2 is 1.94 bits per heavy atom. The van der Waals surface area contributed by atoms with Crippen molar-refractivity contribution in [2.75, 3.05) is 6.61 Å². The second kappa shape index (κ2) is 4.76. The van der Waals surface area contributed by atoms with Crippen LogP contribution in [0.2, 0.25) is 0 Å². The number of sulfonamides is 1. The fourth-order valence-corrected chi connectivity index (χ4v) is 2.15. The van der Waals surface area contributed by atoms with Gasteiger partial charge in [0.2, 0.25) is 10.0 Å². The molecule has 0 aliphatic carbocycles. The quantitative estimate of drug-likeness (QED) is 0.850. The number of aryl methyl sites for hydroxylation is 1. The van der Waals surface area contributed by atoms with E-state index in [1.807, 2.05) is 20.8 Å². The Bertz CT molecular complexity index is 506. The molecule has 3 N–H and O–H groups in total. The number of benzene rings is 1. The molecule has 0 bridgehead atoms. The minimum atomic E-state index is -3.67. The molecule has 1 aromatic carbocycles. The Hall–Kier alpha value is -0.910. The summed E-state index contributed by atoms with van der Waals surface area (Å²) in [5, 5.41) is 14.3. The smallest absolute Gasteiger partial charge is 0.238 e. The van der Waals surface area contributed by atoms with E-state index in [1.165, 1.54) is 6.07 Å². The van der Waals surface area contributed by atoms with Crippen molar-refractivity contribution in [2.24, 2.45) is 10.6 Å². The maximum atomic E-state index is 11.3. The van der Waals surface area contributed by atoms with Gasteiger partial charge in [0.1, 0.15) is 0 Å². The normalized spacial score (nSPS) is 12.8. The van der Waals surface area contributed by atoms with Crippen molar-refractivity contribution in [3.63, 3.8) is 0 Å². The SMILES string of the molecule is Cc1ccc(S(N)(=O)=O)cc1CC(C)(C)CO. The zero-order valence-corrected chi connectivity index (χ0v) is 11.2. The zero-order valence-electron chi connectivity index (χ0n) is 10.4. The fraction of sp³-hybridized carbons (Fsp3) is 0.500. The van der Waals surface area contributed by atoms with Gasteiger partial charge in [-0.2, -0.15) is 0 Å². The second-order valence-corrected chi connectivity index (χ2v) is 6.69. The van der Waals surface area contributed by atoms with Crippen LogP contribution in [0.3, 0.4) is 0 Å². The summed E-state index contributed by atoms with van der Waals surface area (Å²) in [7, 11) is -3.67. The van der Waals surface area contributed by atoms with E-state index in [2.05, 4.69) is 0 Å². The van der Waals surface area contributed by atoms with Gasteiger partial charge >= 0.3 is 0 Å². The van der Waals surface area contributed by atoms with E-state index in [4.69, 9.17) is 5.14 Å². The molecule has 1 rings (SSSR count). The summed E-state index contributed by atoms with van der Waals surface area (Å²) in [6.07, 6.45) is 0.610. The summed E-state index contributed by atoms with van der Waals surface area (Å²) < 4.78 is 22.5. The molecule has 0 heterocycles. The van der Waals surface area contributed by atoms with Crippen LogP contribution in [0.1, 0.15) is 25.0 Å². The highest BCUT2D eigenvalue weighted by Gasteiger charge is 2.19. The lowest BCUT2D eigenvalue weighted by molar-refractivity contribution is 0.159. The highest BCUT2D eigenvalue weighted by molar-refractivity contribution is 7.89. The number of hydrogen-bond donors (Lipinski definition) is 2. The number of nitrogens with two attached hydrogens (primary N) is 1. The summed E-state index contributed by atoms with van der Waals surface area (Å²) in [4.78, 5) is 0.117. The van der Waals surface area contributed by atoms with Crippen LogP contribution in [0.5, 0.6) is 0 Å². The average Bonchev–Trinajstić information content (AvgIpc) is 2.19. The molecule has 0 amide bonds. The average molecular weight is 257 g/mol. The number of aliphatic hydroxyl groups is 1. The lowest BCUT2D eigenvalue weighted by atomic mass is 9.85. The summed E-state index contributed by atoms with van der Waals surface area (Å²) in [6, 6.07) is 4.82. The molecule has 4 nitrogen and oxygen atoms in total. The van der Waals surface area contributed by atoms with Gasteiger partial charge in [-0.05, 0) is 42.0 Å². The van der Waals surface area contributed by atoms with Gasteiger partial charge in [-0.15, -0.1) is 0 Å². The first-order valence-electron chi connectivity index (χ1n) is 5.39. The molecule has 0 saturated carbocycles. The predicted molar refractivity (Wildman–Crippen MR) is 67.1 cm³/mol. The van der Waals surface area contributed by atoms with Crippen molar-refractivity contribution < 1.29 is 13.5 Å². The molecule has 96 valence electrons. The molecule has 0 spiro atoms. The van der Waals surface area contributed by atoms with Crippen LogP contribution in [0, 0.1) is 12.3 Å². The van der Waals surface area contributed by atoms with E-state index in [1.54, 1.807) is 12.1 Å². The van der Waals surface area contributed by atoms with Crippen molar-refractivity contribution in [3.05, 3.63) is 29.3 Å². The molecule has 0 unspecified atom stereocenters. The fourth-order valence-electron chi connectivity index (χ4n) is 1.59. The maximum absolute atomic E-state index is 11.3. The largest absolute Gasteiger partial charge is 0.396 e. The first-order valence-corrected chi connectivity index (χ1v) is 6.93. The van der Waals surface area contributed by atoms with Crippen LogP contribution in [0.15, 0.2) is 23.1 Å². The van der Waals surface area contributed by atoms with E-state index in [-0.39, 0.29) is 16.9 Å². The Balaban J connectivity index is 3.17. The van der Waals surface area contributed by atoms with Crippen molar-refractivity contribution in [1.82, 2.24) is 0 Å². The van der Waals surface area contributed by atoms with Crippen LogP contribution in [0.4, 0.5) is 0 Å². The molecule has 17 heavy (non-hydrogen) atoms. The molecule has 0 aromatic heterocycles. The van der Waals surface area contributed by atoms with Crippen molar-refractivity contribution in [2.45, 2.75) is 32.1 Å². The van der Waals surface area contributed by atoms with Crippen LogP contribution >= 0.6 is 0 Å². The lowest BCUT2D eigenvalue weighted by Crippen LogP contribution is -2.21. The number of rotatable bonds is 4. The number of hydrogen-bond acceptors (Lipinski definition) is 3. The van der Waals surface area contributed by atoms with E-state index in [9.17, 15) is 13.5 Å². The van der Waals surface area contributed by atoms with E-state index in [0.717, 1.165) is 11.1 Å². The Morgan fingerprint density at radius 1 is 1.35 bits per heavy atom. The highest BCUT2D eigenvalue weighted by atomic mass is 32.2. The van der Waals surface area contributed by atoms with Gasteiger partial charge in [-0.1, -0.05) is 19.9 Å². The first kappa shape index (κ1) is 14.2. The Kier molecular flexibility index (Phi) is 3.96. The summed E-state index contributed by atoms with van der Waals surface area (Å²) in [5.74, 6) is 0. The Morgan fingerprint density at radius 3 is 2.41 bits per heavy atom. The maximum Gasteiger partial charge on any atom is 0.238 e. The van der Waals surface area contributed by atoms with Gasteiger partial charge in [0.15, 0.2) is 0 Å². The highest BCUT2D eigenvalue weighted by Crippen LogP contribution is 2.24. The molecule has 0 aliphatic rings. The van der Waals surface area contributed by atoms with Crippen LogP contribution in [0.25, 0.3) is 0 Å². The minimum Gasteiger partial charge on any atom is -0.396 e. The van der Waals surface area contributed by atoms with E-state index < -0.39 is 10.0 Å². The topological polar surface area (TPSA) is 80.4 Å². The van der Waals surface area contributed by atoms with Crippen LogP contribution < -0.4 is 5.14 Å². The Labute approximate surface area is 103 Å². The molecule has 0 saturated heterocycles. The first-order chi connectivity index (χ1) is 7.65. The number of primary sulfonamides is 1. The van der Waals surface area contributed by atoms with Gasteiger partial charge in [-0.25, -0.2) is 13.6 Å². The molecule has 5 heteroatoms. The molecule has 1 aromatic rings. The second-order valence-electron chi connectivity index (χ2n) is 5.13. The van der Waals surface area contributed by atoms with Crippen LogP contribution in [-0.2, 0) is 16.4 Å². The monoisotopic (exact) mass is 257 g/mol. The van der Waals surface area contributed by atoms with Gasteiger partial charge in [0.05, 0.1) is 4.90 Å². The molecule has 0 aliphatic heterocycles. The third kappa shape index (κ3) is 3.80. The van der Waals surface area contributed by atoms with Crippen LogP contribution in [-0.4, -0.2) is 20.1 Å². The molecule has 0 atom stereocenters. The summed E-state index contributed by atoms with van der Waals surface area (Å²) in [6.45, 7) is 5.81. The predicted octanol–water partition coefficient (Wildman–Crippen LogP) is 1.20. The van der Waals surface area contributed by atoms with Gasteiger partial charge in [0, 0.05) is 6.61 Å². The zero-order chi connectivity index (χ0) is 13.3. The van der Waals surface area contributed by atoms with E-state index >= 15 is 0 Å². The van der Waals surface area contributed by atoms with Crippen molar-refractivity contribution in [1.29, 1.82) is 0 Å². The lowest BCUT2D eigenvalue weighted by Gasteiger charge is -2.22. The van der Waals surface area contributed by atoms with Gasteiger partial charge < -0.3 is 5.11 Å². The van der Waals surface area contributed by atoms with Crippen molar-refractivity contribution >= 4 is 10.0 Å².